The second kappa shape index (κ2) is 6.20. The molecule has 1 nitrogen and oxygen atoms in total. The van der Waals surface area contributed by atoms with E-state index in [0.717, 1.165) is 12.5 Å². The SMILES string of the molecule is C=CCNC(C)(CC)[C@H](C)CCC. The molecule has 0 saturated carbocycles. The molecule has 0 radical (unpaired) electrons. The van der Waals surface area contributed by atoms with E-state index in [9.17, 15) is 0 Å². The molecule has 0 rings (SSSR count). The summed E-state index contributed by atoms with van der Waals surface area (Å²) in [5.74, 6) is 0.738. The van der Waals surface area contributed by atoms with Gasteiger partial charge in [-0.05, 0) is 25.7 Å². The Morgan fingerprint density at radius 1 is 1.46 bits per heavy atom. The quantitative estimate of drug-likeness (QED) is 0.597. The summed E-state index contributed by atoms with van der Waals surface area (Å²) in [6, 6.07) is 0. The highest BCUT2D eigenvalue weighted by Crippen LogP contribution is 2.24. The lowest BCUT2D eigenvalue weighted by atomic mass is 9.82. The van der Waals surface area contributed by atoms with Crippen molar-refractivity contribution in [2.45, 2.75) is 52.5 Å². The first-order chi connectivity index (χ1) is 6.10. The van der Waals surface area contributed by atoms with E-state index < -0.39 is 0 Å². The normalized spacial score (nSPS) is 17.8. The maximum absolute atomic E-state index is 3.74. The topological polar surface area (TPSA) is 12.0 Å². The van der Waals surface area contributed by atoms with Crippen molar-refractivity contribution in [1.29, 1.82) is 0 Å². The molecule has 0 aliphatic rings. The third kappa shape index (κ3) is 3.95. The van der Waals surface area contributed by atoms with Gasteiger partial charge >= 0.3 is 0 Å². The van der Waals surface area contributed by atoms with Crippen LogP contribution in [0.25, 0.3) is 0 Å². The Kier molecular flexibility index (Phi) is 6.06. The van der Waals surface area contributed by atoms with Gasteiger partial charge < -0.3 is 5.32 Å². The van der Waals surface area contributed by atoms with Crippen LogP contribution in [0.1, 0.15) is 47.0 Å². The van der Waals surface area contributed by atoms with E-state index in [1.54, 1.807) is 0 Å². The van der Waals surface area contributed by atoms with Crippen LogP contribution in [0.3, 0.4) is 0 Å². The summed E-state index contributed by atoms with van der Waals surface area (Å²) in [7, 11) is 0. The number of hydrogen-bond acceptors (Lipinski definition) is 1. The van der Waals surface area contributed by atoms with Gasteiger partial charge in [0.1, 0.15) is 0 Å². The van der Waals surface area contributed by atoms with E-state index in [4.69, 9.17) is 0 Å². The molecule has 13 heavy (non-hydrogen) atoms. The van der Waals surface area contributed by atoms with E-state index >= 15 is 0 Å². The Morgan fingerprint density at radius 3 is 2.46 bits per heavy atom. The third-order valence-corrected chi connectivity index (χ3v) is 3.19. The summed E-state index contributed by atoms with van der Waals surface area (Å²) in [4.78, 5) is 0. The summed E-state index contributed by atoms with van der Waals surface area (Å²) < 4.78 is 0. The van der Waals surface area contributed by atoms with E-state index in [-0.39, 0.29) is 5.54 Å². The first kappa shape index (κ1) is 12.7. The predicted molar refractivity (Wildman–Crippen MR) is 61.0 cm³/mol. The molecule has 1 heteroatoms. The van der Waals surface area contributed by atoms with Crippen LogP contribution in [0.5, 0.6) is 0 Å². The molecule has 0 amide bonds. The standard InChI is InChI=1S/C12H25N/c1-6-9-11(4)12(5,8-3)13-10-7-2/h7,11,13H,2,6,8-10H2,1,3-5H3/t11-,12?/m1/s1. The summed E-state index contributed by atoms with van der Waals surface area (Å²) >= 11 is 0. The highest BCUT2D eigenvalue weighted by atomic mass is 15.0. The van der Waals surface area contributed by atoms with Crippen LogP contribution in [-0.2, 0) is 0 Å². The van der Waals surface area contributed by atoms with E-state index in [0.29, 0.717) is 0 Å². The maximum Gasteiger partial charge on any atom is 0.0179 e. The largest absolute Gasteiger partial charge is 0.308 e. The highest BCUT2D eigenvalue weighted by Gasteiger charge is 2.27. The Labute approximate surface area is 83.6 Å². The average molecular weight is 183 g/mol. The van der Waals surface area contributed by atoms with Gasteiger partial charge in [0.15, 0.2) is 0 Å². The van der Waals surface area contributed by atoms with E-state index in [2.05, 4.69) is 39.6 Å². The van der Waals surface area contributed by atoms with Crippen molar-refractivity contribution < 1.29 is 0 Å². The Hall–Kier alpha value is -0.300. The molecule has 2 atom stereocenters. The number of nitrogens with one attached hydrogen (secondary N) is 1. The van der Waals surface area contributed by atoms with Crippen LogP contribution in [0, 0.1) is 5.92 Å². The lowest BCUT2D eigenvalue weighted by Crippen LogP contribution is -2.47. The fourth-order valence-corrected chi connectivity index (χ4v) is 1.70. The molecular formula is C12H25N. The van der Waals surface area contributed by atoms with Gasteiger partial charge in [-0.25, -0.2) is 0 Å². The minimum Gasteiger partial charge on any atom is -0.308 e. The molecule has 1 N–H and O–H groups in total. The molecule has 0 aliphatic carbocycles. The highest BCUT2D eigenvalue weighted by molar-refractivity contribution is 4.89. The molecule has 0 aromatic carbocycles. The molecule has 0 aliphatic heterocycles. The molecule has 0 spiro atoms. The van der Waals surface area contributed by atoms with Gasteiger partial charge in [0, 0.05) is 12.1 Å². The Balaban J connectivity index is 4.14. The minimum atomic E-state index is 0.282. The first-order valence-corrected chi connectivity index (χ1v) is 5.46. The van der Waals surface area contributed by atoms with E-state index in [1.165, 1.54) is 19.3 Å². The summed E-state index contributed by atoms with van der Waals surface area (Å²) in [5.41, 5.74) is 0.282. The number of rotatable bonds is 7. The third-order valence-electron chi connectivity index (χ3n) is 3.19. The first-order valence-electron chi connectivity index (χ1n) is 5.46. The molecule has 0 bridgehead atoms. The monoisotopic (exact) mass is 183 g/mol. The summed E-state index contributed by atoms with van der Waals surface area (Å²) in [6.07, 6.45) is 5.69. The molecule has 0 aromatic heterocycles. The van der Waals surface area contributed by atoms with Crippen molar-refractivity contribution in [3.05, 3.63) is 12.7 Å². The lowest BCUT2D eigenvalue weighted by Gasteiger charge is -2.36. The van der Waals surface area contributed by atoms with Crippen LogP contribution >= 0.6 is 0 Å². The van der Waals surface area contributed by atoms with Crippen molar-refractivity contribution in [2.75, 3.05) is 6.54 Å². The molecular weight excluding hydrogens is 158 g/mol. The zero-order valence-corrected chi connectivity index (χ0v) is 9.69. The van der Waals surface area contributed by atoms with Crippen molar-refractivity contribution in [2.24, 2.45) is 5.92 Å². The molecule has 1 unspecified atom stereocenters. The van der Waals surface area contributed by atoms with Crippen LogP contribution < -0.4 is 5.32 Å². The van der Waals surface area contributed by atoms with E-state index in [1.807, 2.05) is 6.08 Å². The van der Waals surface area contributed by atoms with Gasteiger partial charge in [-0.2, -0.15) is 0 Å². The van der Waals surface area contributed by atoms with Gasteiger partial charge in [-0.15, -0.1) is 6.58 Å². The maximum atomic E-state index is 3.74. The molecule has 0 saturated heterocycles. The second-order valence-electron chi connectivity index (χ2n) is 4.13. The van der Waals surface area contributed by atoms with Gasteiger partial charge in [0.2, 0.25) is 0 Å². The second-order valence-corrected chi connectivity index (χ2v) is 4.13. The molecule has 78 valence electrons. The fraction of sp³-hybridized carbons (Fsp3) is 0.833. The van der Waals surface area contributed by atoms with Crippen LogP contribution in [0.4, 0.5) is 0 Å². The number of hydrogen-bond donors (Lipinski definition) is 1. The van der Waals surface area contributed by atoms with Crippen molar-refractivity contribution >= 4 is 0 Å². The smallest absolute Gasteiger partial charge is 0.0179 e. The van der Waals surface area contributed by atoms with Crippen molar-refractivity contribution in [3.8, 4) is 0 Å². The lowest BCUT2D eigenvalue weighted by molar-refractivity contribution is 0.231. The zero-order valence-electron chi connectivity index (χ0n) is 9.69. The van der Waals surface area contributed by atoms with Gasteiger partial charge in [-0.1, -0.05) is 33.3 Å². The van der Waals surface area contributed by atoms with Crippen molar-refractivity contribution in [3.63, 3.8) is 0 Å². The van der Waals surface area contributed by atoms with Crippen LogP contribution in [0.2, 0.25) is 0 Å². The van der Waals surface area contributed by atoms with Gasteiger partial charge in [-0.3, -0.25) is 0 Å². The Morgan fingerprint density at radius 2 is 2.08 bits per heavy atom. The van der Waals surface area contributed by atoms with Crippen molar-refractivity contribution in [1.82, 2.24) is 5.32 Å². The molecule has 0 heterocycles. The van der Waals surface area contributed by atoms with Gasteiger partial charge in [0.05, 0.1) is 0 Å². The van der Waals surface area contributed by atoms with Crippen LogP contribution in [0.15, 0.2) is 12.7 Å². The summed E-state index contributed by atoms with van der Waals surface area (Å²) in [6.45, 7) is 13.8. The van der Waals surface area contributed by atoms with Crippen LogP contribution in [-0.4, -0.2) is 12.1 Å². The average Bonchev–Trinajstić information content (AvgIpc) is 2.14. The Bertz CT molecular complexity index is 142. The molecule has 0 aromatic rings. The molecule has 0 fully saturated rings. The summed E-state index contributed by atoms with van der Waals surface area (Å²) in [5, 5.41) is 3.56. The minimum absolute atomic E-state index is 0.282. The predicted octanol–water partition coefficient (Wildman–Crippen LogP) is 3.37. The fourth-order valence-electron chi connectivity index (χ4n) is 1.70. The van der Waals surface area contributed by atoms with Gasteiger partial charge in [0.25, 0.3) is 0 Å². The zero-order chi connectivity index (χ0) is 10.3.